The number of aryl methyl sites for hydroxylation is 1. The number of amides is 2. The van der Waals surface area contributed by atoms with Crippen LogP contribution in [0.5, 0.6) is 0 Å². The van der Waals surface area contributed by atoms with Gasteiger partial charge in [0.25, 0.3) is 5.91 Å². The number of nitrogens with zero attached hydrogens (tertiary/aromatic N) is 1. The molecule has 2 N–H and O–H groups in total. The number of hydrogen-bond donors (Lipinski definition) is 2. The zero-order valence-corrected chi connectivity index (χ0v) is 14.1. The van der Waals surface area contributed by atoms with E-state index in [1.54, 1.807) is 4.90 Å². The van der Waals surface area contributed by atoms with Crippen LogP contribution < -0.4 is 5.32 Å². The van der Waals surface area contributed by atoms with Gasteiger partial charge in [0.1, 0.15) is 0 Å². The van der Waals surface area contributed by atoms with Gasteiger partial charge in [-0.15, -0.1) is 11.3 Å². The highest BCUT2D eigenvalue weighted by Crippen LogP contribution is 2.29. The highest BCUT2D eigenvalue weighted by atomic mass is 32.1. The monoisotopic (exact) mass is 312 g/mol. The highest BCUT2D eigenvalue weighted by Gasteiger charge is 2.24. The standard InChI is InChI=1S/C15H24N2O3S/c1-6-17(7-8-18)13(19)12-10(2)9-11(21-12)16-14(20)15(3,4)5/h9,18H,6-8H2,1-5H3,(H,16,20). The Morgan fingerprint density at radius 1 is 1.38 bits per heavy atom. The van der Waals surface area contributed by atoms with Gasteiger partial charge in [0, 0.05) is 18.5 Å². The molecule has 1 rings (SSSR count). The van der Waals surface area contributed by atoms with Crippen molar-refractivity contribution in [1.29, 1.82) is 0 Å². The molecule has 2 amide bonds. The second-order valence-electron chi connectivity index (χ2n) is 5.94. The van der Waals surface area contributed by atoms with Crippen LogP contribution in [0, 0.1) is 12.3 Å². The maximum absolute atomic E-state index is 12.4. The number of aliphatic hydroxyl groups excluding tert-OH is 1. The maximum Gasteiger partial charge on any atom is 0.264 e. The molecule has 0 atom stereocenters. The average molecular weight is 312 g/mol. The molecular weight excluding hydrogens is 288 g/mol. The number of likely N-dealkylation sites (N-methyl/N-ethyl adjacent to an activating group) is 1. The van der Waals surface area contributed by atoms with Crippen LogP contribution in [0.3, 0.4) is 0 Å². The van der Waals surface area contributed by atoms with Crippen molar-refractivity contribution in [3.05, 3.63) is 16.5 Å². The first-order valence-electron chi connectivity index (χ1n) is 7.02. The number of carbonyl (C=O) groups excluding carboxylic acids is 2. The van der Waals surface area contributed by atoms with Crippen LogP contribution >= 0.6 is 11.3 Å². The van der Waals surface area contributed by atoms with E-state index < -0.39 is 5.41 Å². The Bertz CT molecular complexity index is 517. The first-order chi connectivity index (χ1) is 9.70. The van der Waals surface area contributed by atoms with Crippen molar-refractivity contribution >= 4 is 28.2 Å². The Hall–Kier alpha value is -1.40. The summed E-state index contributed by atoms with van der Waals surface area (Å²) in [6.45, 7) is 10.1. The third kappa shape index (κ3) is 4.54. The Kier molecular flexibility index (Phi) is 5.92. The normalized spacial score (nSPS) is 11.3. The van der Waals surface area contributed by atoms with Gasteiger partial charge in [-0.05, 0) is 25.5 Å². The molecule has 1 aromatic rings. The summed E-state index contributed by atoms with van der Waals surface area (Å²) in [5, 5.41) is 12.5. The van der Waals surface area contributed by atoms with Crippen molar-refractivity contribution in [1.82, 2.24) is 4.90 Å². The zero-order valence-electron chi connectivity index (χ0n) is 13.3. The molecule has 0 saturated carbocycles. The fourth-order valence-corrected chi connectivity index (χ4v) is 2.76. The molecule has 1 aromatic heterocycles. The van der Waals surface area contributed by atoms with Crippen LogP contribution in [-0.4, -0.2) is 41.5 Å². The van der Waals surface area contributed by atoms with Gasteiger partial charge in [0.05, 0.1) is 16.5 Å². The minimum atomic E-state index is -0.478. The van der Waals surface area contributed by atoms with Crippen molar-refractivity contribution in [3.63, 3.8) is 0 Å². The number of aliphatic hydroxyl groups is 1. The molecule has 0 aliphatic carbocycles. The highest BCUT2D eigenvalue weighted by molar-refractivity contribution is 7.18. The topological polar surface area (TPSA) is 69.6 Å². The smallest absolute Gasteiger partial charge is 0.264 e. The van der Waals surface area contributed by atoms with E-state index in [9.17, 15) is 9.59 Å². The molecule has 0 fully saturated rings. The molecule has 21 heavy (non-hydrogen) atoms. The first-order valence-corrected chi connectivity index (χ1v) is 7.84. The fraction of sp³-hybridized carbons (Fsp3) is 0.600. The lowest BCUT2D eigenvalue weighted by Gasteiger charge is -2.19. The number of carbonyl (C=O) groups is 2. The van der Waals surface area contributed by atoms with Crippen molar-refractivity contribution in [3.8, 4) is 0 Å². The molecule has 0 spiro atoms. The number of hydrogen-bond acceptors (Lipinski definition) is 4. The molecule has 5 nitrogen and oxygen atoms in total. The summed E-state index contributed by atoms with van der Waals surface area (Å²) in [6, 6.07) is 1.81. The van der Waals surface area contributed by atoms with Gasteiger partial charge in [-0.3, -0.25) is 9.59 Å². The molecular formula is C15H24N2O3S. The Morgan fingerprint density at radius 3 is 2.48 bits per heavy atom. The number of anilines is 1. The van der Waals surface area contributed by atoms with Gasteiger partial charge < -0.3 is 15.3 Å². The van der Waals surface area contributed by atoms with E-state index in [0.29, 0.717) is 23.0 Å². The van der Waals surface area contributed by atoms with E-state index in [-0.39, 0.29) is 18.4 Å². The lowest BCUT2D eigenvalue weighted by atomic mass is 9.96. The second kappa shape index (κ2) is 7.04. The predicted molar refractivity (Wildman–Crippen MR) is 85.8 cm³/mol. The molecule has 6 heteroatoms. The van der Waals surface area contributed by atoms with E-state index in [4.69, 9.17) is 5.11 Å². The third-order valence-corrected chi connectivity index (χ3v) is 4.21. The van der Waals surface area contributed by atoms with E-state index in [2.05, 4.69) is 5.32 Å². The van der Waals surface area contributed by atoms with Crippen LogP contribution in [-0.2, 0) is 4.79 Å². The van der Waals surface area contributed by atoms with Gasteiger partial charge in [0.15, 0.2) is 0 Å². The summed E-state index contributed by atoms with van der Waals surface area (Å²) in [7, 11) is 0. The van der Waals surface area contributed by atoms with Crippen LogP contribution in [0.1, 0.15) is 42.9 Å². The summed E-state index contributed by atoms with van der Waals surface area (Å²) in [5.74, 6) is -0.184. The van der Waals surface area contributed by atoms with Crippen LogP contribution in [0.4, 0.5) is 5.00 Å². The summed E-state index contributed by atoms with van der Waals surface area (Å²) < 4.78 is 0. The maximum atomic E-state index is 12.4. The van der Waals surface area contributed by atoms with Crippen LogP contribution in [0.25, 0.3) is 0 Å². The third-order valence-electron chi connectivity index (χ3n) is 3.07. The average Bonchev–Trinajstić information content (AvgIpc) is 2.75. The van der Waals surface area contributed by atoms with Gasteiger partial charge in [-0.2, -0.15) is 0 Å². The van der Waals surface area contributed by atoms with Gasteiger partial charge in [0.2, 0.25) is 5.91 Å². The number of thiophene rings is 1. The lowest BCUT2D eigenvalue weighted by Crippen LogP contribution is -2.33. The molecule has 0 radical (unpaired) electrons. The molecule has 0 aliphatic heterocycles. The van der Waals surface area contributed by atoms with Crippen LogP contribution in [0.2, 0.25) is 0 Å². The van der Waals surface area contributed by atoms with Crippen molar-refractivity contribution in [2.24, 2.45) is 5.41 Å². The molecule has 0 bridgehead atoms. The summed E-state index contributed by atoms with van der Waals surface area (Å²) in [4.78, 5) is 26.6. The second-order valence-corrected chi connectivity index (χ2v) is 6.99. The summed E-state index contributed by atoms with van der Waals surface area (Å²) in [6.07, 6.45) is 0. The van der Waals surface area contributed by atoms with Gasteiger partial charge in [-0.1, -0.05) is 20.8 Å². The van der Waals surface area contributed by atoms with E-state index in [0.717, 1.165) is 5.56 Å². The molecule has 0 aliphatic rings. The van der Waals surface area contributed by atoms with E-state index in [1.165, 1.54) is 11.3 Å². The van der Waals surface area contributed by atoms with Crippen molar-refractivity contribution in [2.45, 2.75) is 34.6 Å². The van der Waals surface area contributed by atoms with Gasteiger partial charge in [-0.25, -0.2) is 0 Å². The van der Waals surface area contributed by atoms with E-state index >= 15 is 0 Å². The molecule has 0 unspecified atom stereocenters. The Labute approximate surface area is 130 Å². The van der Waals surface area contributed by atoms with Crippen molar-refractivity contribution < 1.29 is 14.7 Å². The SMILES string of the molecule is CCN(CCO)C(=O)c1sc(NC(=O)C(C)(C)C)cc1C. The summed E-state index contributed by atoms with van der Waals surface area (Å²) >= 11 is 1.28. The van der Waals surface area contributed by atoms with Crippen LogP contribution in [0.15, 0.2) is 6.07 Å². The minimum absolute atomic E-state index is 0.0579. The summed E-state index contributed by atoms with van der Waals surface area (Å²) in [5.41, 5.74) is 0.361. The number of nitrogens with one attached hydrogen (secondary N) is 1. The molecule has 0 aromatic carbocycles. The number of rotatable bonds is 5. The Morgan fingerprint density at radius 2 is 2.00 bits per heavy atom. The Balaban J connectivity index is 2.92. The quantitative estimate of drug-likeness (QED) is 0.877. The van der Waals surface area contributed by atoms with Gasteiger partial charge >= 0.3 is 0 Å². The molecule has 1 heterocycles. The molecule has 0 saturated heterocycles. The zero-order chi connectivity index (χ0) is 16.2. The lowest BCUT2D eigenvalue weighted by molar-refractivity contribution is -0.123. The first kappa shape index (κ1) is 17.7. The van der Waals surface area contributed by atoms with Crippen molar-refractivity contribution in [2.75, 3.05) is 25.0 Å². The fourth-order valence-electron chi connectivity index (χ4n) is 1.72. The minimum Gasteiger partial charge on any atom is -0.395 e. The molecule has 118 valence electrons. The predicted octanol–water partition coefficient (Wildman–Crippen LogP) is 2.50. The largest absolute Gasteiger partial charge is 0.395 e. The van der Waals surface area contributed by atoms with E-state index in [1.807, 2.05) is 40.7 Å².